The second-order valence-electron chi connectivity index (χ2n) is 6.03. The molecule has 0 aromatic heterocycles. The van der Waals surface area contributed by atoms with Crippen molar-refractivity contribution in [1.82, 2.24) is 4.90 Å². The van der Waals surface area contributed by atoms with Gasteiger partial charge in [-0.2, -0.15) is 0 Å². The van der Waals surface area contributed by atoms with Gasteiger partial charge in [0.15, 0.2) is 0 Å². The summed E-state index contributed by atoms with van der Waals surface area (Å²) in [5, 5.41) is 0. The first kappa shape index (κ1) is 11.9. The first-order valence-electron chi connectivity index (χ1n) is 6.57. The SMILES string of the molecule is CC(C)C1CCN(C(=O)CC2(N)CCC2)C1. The molecule has 3 nitrogen and oxygen atoms in total. The van der Waals surface area contributed by atoms with Crippen molar-refractivity contribution >= 4 is 5.91 Å². The Morgan fingerprint density at radius 3 is 2.62 bits per heavy atom. The molecule has 1 heterocycles. The van der Waals surface area contributed by atoms with Gasteiger partial charge in [0, 0.05) is 25.0 Å². The number of amides is 1. The van der Waals surface area contributed by atoms with Gasteiger partial charge >= 0.3 is 0 Å². The summed E-state index contributed by atoms with van der Waals surface area (Å²) in [5.74, 6) is 1.66. The van der Waals surface area contributed by atoms with E-state index >= 15 is 0 Å². The summed E-state index contributed by atoms with van der Waals surface area (Å²) >= 11 is 0. The van der Waals surface area contributed by atoms with Gasteiger partial charge in [0.2, 0.25) is 5.91 Å². The fourth-order valence-corrected chi connectivity index (χ4v) is 2.78. The van der Waals surface area contributed by atoms with E-state index in [0.717, 1.165) is 25.9 Å². The predicted octanol–water partition coefficient (Wildman–Crippen LogP) is 1.76. The van der Waals surface area contributed by atoms with Gasteiger partial charge in [-0.05, 0) is 37.5 Å². The van der Waals surface area contributed by atoms with Crippen LogP contribution >= 0.6 is 0 Å². The molecule has 1 saturated carbocycles. The molecule has 0 aromatic carbocycles. The highest BCUT2D eigenvalue weighted by Crippen LogP contribution is 2.33. The van der Waals surface area contributed by atoms with Crippen LogP contribution in [0, 0.1) is 11.8 Å². The molecule has 1 atom stereocenters. The van der Waals surface area contributed by atoms with Crippen LogP contribution in [0.15, 0.2) is 0 Å². The van der Waals surface area contributed by atoms with Crippen LogP contribution in [0.25, 0.3) is 0 Å². The van der Waals surface area contributed by atoms with Gasteiger partial charge in [0.25, 0.3) is 0 Å². The van der Waals surface area contributed by atoms with Gasteiger partial charge in [-0.1, -0.05) is 13.8 Å². The van der Waals surface area contributed by atoms with Crippen molar-refractivity contribution in [3.8, 4) is 0 Å². The molecule has 2 fully saturated rings. The molecule has 1 unspecified atom stereocenters. The van der Waals surface area contributed by atoms with E-state index in [1.54, 1.807) is 0 Å². The third-order valence-electron chi connectivity index (χ3n) is 4.37. The van der Waals surface area contributed by atoms with Gasteiger partial charge in [0.1, 0.15) is 0 Å². The van der Waals surface area contributed by atoms with Crippen molar-refractivity contribution in [2.45, 2.75) is 51.5 Å². The third-order valence-corrected chi connectivity index (χ3v) is 4.37. The van der Waals surface area contributed by atoms with Gasteiger partial charge < -0.3 is 10.6 Å². The molecule has 3 heteroatoms. The Bertz CT molecular complexity index is 271. The van der Waals surface area contributed by atoms with Crippen LogP contribution in [0.5, 0.6) is 0 Å². The van der Waals surface area contributed by atoms with Crippen LogP contribution in [0.1, 0.15) is 46.0 Å². The highest BCUT2D eigenvalue weighted by atomic mass is 16.2. The molecule has 0 aromatic rings. The van der Waals surface area contributed by atoms with Crippen molar-refractivity contribution in [1.29, 1.82) is 0 Å². The zero-order valence-electron chi connectivity index (χ0n) is 10.5. The maximum Gasteiger partial charge on any atom is 0.224 e. The molecule has 0 radical (unpaired) electrons. The van der Waals surface area contributed by atoms with Gasteiger partial charge in [-0.25, -0.2) is 0 Å². The summed E-state index contributed by atoms with van der Waals surface area (Å²) in [6.45, 7) is 6.38. The standard InChI is InChI=1S/C13H24N2O/c1-10(2)11-4-7-15(9-11)12(16)8-13(14)5-3-6-13/h10-11H,3-9,14H2,1-2H3. The summed E-state index contributed by atoms with van der Waals surface area (Å²) < 4.78 is 0. The van der Waals surface area contributed by atoms with Crippen LogP contribution in [0.4, 0.5) is 0 Å². The Balaban J connectivity index is 1.82. The Morgan fingerprint density at radius 2 is 2.19 bits per heavy atom. The quantitative estimate of drug-likeness (QED) is 0.794. The highest BCUT2D eigenvalue weighted by molar-refractivity contribution is 5.77. The molecule has 1 amide bonds. The lowest BCUT2D eigenvalue weighted by atomic mass is 9.75. The lowest BCUT2D eigenvalue weighted by molar-refractivity contribution is -0.132. The average Bonchev–Trinajstić information content (AvgIpc) is 2.64. The molecule has 0 bridgehead atoms. The van der Waals surface area contributed by atoms with Crippen molar-refractivity contribution in [3.63, 3.8) is 0 Å². The highest BCUT2D eigenvalue weighted by Gasteiger charge is 2.37. The zero-order valence-corrected chi connectivity index (χ0v) is 10.5. The van der Waals surface area contributed by atoms with E-state index in [0.29, 0.717) is 18.3 Å². The second-order valence-corrected chi connectivity index (χ2v) is 6.03. The monoisotopic (exact) mass is 224 g/mol. The summed E-state index contributed by atoms with van der Waals surface area (Å²) in [7, 11) is 0. The van der Waals surface area contributed by atoms with E-state index in [4.69, 9.17) is 5.73 Å². The Morgan fingerprint density at radius 1 is 1.50 bits per heavy atom. The molecule has 1 saturated heterocycles. The molecular formula is C13H24N2O. The van der Waals surface area contributed by atoms with E-state index in [1.807, 2.05) is 4.90 Å². The Kier molecular flexibility index (Phi) is 3.24. The number of likely N-dealkylation sites (tertiary alicyclic amines) is 1. The zero-order chi connectivity index (χ0) is 11.8. The van der Waals surface area contributed by atoms with Crippen LogP contribution < -0.4 is 5.73 Å². The Hall–Kier alpha value is -0.570. The van der Waals surface area contributed by atoms with E-state index in [-0.39, 0.29) is 11.4 Å². The van der Waals surface area contributed by atoms with Crippen LogP contribution in [-0.4, -0.2) is 29.4 Å². The van der Waals surface area contributed by atoms with Crippen molar-refractivity contribution < 1.29 is 4.79 Å². The van der Waals surface area contributed by atoms with E-state index in [2.05, 4.69) is 13.8 Å². The second kappa shape index (κ2) is 4.36. The van der Waals surface area contributed by atoms with Crippen molar-refractivity contribution in [2.24, 2.45) is 17.6 Å². The summed E-state index contributed by atoms with van der Waals surface area (Å²) in [4.78, 5) is 14.1. The number of rotatable bonds is 3. The lowest BCUT2D eigenvalue weighted by Crippen LogP contribution is -2.50. The van der Waals surface area contributed by atoms with E-state index < -0.39 is 0 Å². The number of hydrogen-bond donors (Lipinski definition) is 1. The minimum absolute atomic E-state index is 0.160. The number of carbonyl (C=O) groups excluding carboxylic acids is 1. The Labute approximate surface area is 98.4 Å². The number of nitrogens with zero attached hydrogens (tertiary/aromatic N) is 1. The molecule has 2 rings (SSSR count). The average molecular weight is 224 g/mol. The van der Waals surface area contributed by atoms with Crippen LogP contribution in [0.3, 0.4) is 0 Å². The summed E-state index contributed by atoms with van der Waals surface area (Å²) in [5.41, 5.74) is 5.96. The van der Waals surface area contributed by atoms with Crippen LogP contribution in [-0.2, 0) is 4.79 Å². The van der Waals surface area contributed by atoms with Crippen molar-refractivity contribution in [2.75, 3.05) is 13.1 Å². The number of hydrogen-bond acceptors (Lipinski definition) is 2. The molecule has 2 N–H and O–H groups in total. The predicted molar refractivity (Wildman–Crippen MR) is 64.9 cm³/mol. The maximum atomic E-state index is 12.1. The fraction of sp³-hybridized carbons (Fsp3) is 0.923. The molecule has 1 aliphatic carbocycles. The smallest absolute Gasteiger partial charge is 0.224 e. The minimum Gasteiger partial charge on any atom is -0.342 e. The maximum absolute atomic E-state index is 12.1. The topological polar surface area (TPSA) is 46.3 Å². The van der Waals surface area contributed by atoms with Gasteiger partial charge in [0.05, 0.1) is 0 Å². The first-order valence-corrected chi connectivity index (χ1v) is 6.57. The van der Waals surface area contributed by atoms with E-state index in [9.17, 15) is 4.79 Å². The number of carbonyl (C=O) groups is 1. The lowest BCUT2D eigenvalue weighted by Gasteiger charge is -2.38. The largest absolute Gasteiger partial charge is 0.342 e. The van der Waals surface area contributed by atoms with Gasteiger partial charge in [-0.15, -0.1) is 0 Å². The summed E-state index contributed by atoms with van der Waals surface area (Å²) in [6, 6.07) is 0. The molecule has 1 aliphatic heterocycles. The molecule has 2 aliphatic rings. The number of nitrogens with two attached hydrogens (primary N) is 1. The summed E-state index contributed by atoms with van der Waals surface area (Å²) in [6.07, 6.45) is 4.98. The normalized spacial score (nSPS) is 28.2. The fourth-order valence-electron chi connectivity index (χ4n) is 2.78. The molecule has 92 valence electrons. The van der Waals surface area contributed by atoms with Crippen molar-refractivity contribution in [3.05, 3.63) is 0 Å². The van der Waals surface area contributed by atoms with Crippen LogP contribution in [0.2, 0.25) is 0 Å². The molecule has 16 heavy (non-hydrogen) atoms. The molecule has 0 spiro atoms. The van der Waals surface area contributed by atoms with E-state index in [1.165, 1.54) is 12.8 Å². The minimum atomic E-state index is -0.160. The third kappa shape index (κ3) is 2.40. The molecular weight excluding hydrogens is 200 g/mol. The first-order chi connectivity index (χ1) is 7.50. The van der Waals surface area contributed by atoms with Gasteiger partial charge in [-0.3, -0.25) is 4.79 Å².